The molecule has 0 aliphatic heterocycles. The molecule has 0 N–H and O–H groups in total. The van der Waals surface area contributed by atoms with Gasteiger partial charge in [-0.15, -0.1) is 20.4 Å². The Hall–Kier alpha value is -3.76. The normalized spacial score (nSPS) is 11.4. The van der Waals surface area contributed by atoms with Crippen molar-refractivity contribution >= 4 is 32.9 Å². The van der Waals surface area contributed by atoms with Crippen LogP contribution in [0.25, 0.3) is 33.8 Å². The quantitative estimate of drug-likeness (QED) is 0.347. The van der Waals surface area contributed by atoms with Gasteiger partial charge >= 0.3 is 0 Å². The van der Waals surface area contributed by atoms with E-state index in [2.05, 4.69) is 20.4 Å². The third-order valence-electron chi connectivity index (χ3n) is 4.80. The van der Waals surface area contributed by atoms with Crippen molar-refractivity contribution in [1.29, 1.82) is 0 Å². The van der Waals surface area contributed by atoms with Crippen LogP contribution in [0.15, 0.2) is 95.2 Å². The number of hydrogen-bond acceptors (Lipinski definition) is 8. The Morgan fingerprint density at radius 2 is 0.906 bits per heavy atom. The van der Waals surface area contributed by atoms with Crippen LogP contribution in [-0.2, 0) is 0 Å². The van der Waals surface area contributed by atoms with Gasteiger partial charge in [-0.05, 0) is 45.9 Å². The predicted molar refractivity (Wildman–Crippen MR) is 124 cm³/mol. The van der Waals surface area contributed by atoms with E-state index in [1.807, 2.05) is 84.9 Å². The fourth-order valence-corrected chi connectivity index (χ4v) is 5.02. The lowest BCUT2D eigenvalue weighted by molar-refractivity contribution is 0.812. The summed E-state index contributed by atoms with van der Waals surface area (Å²) in [4.78, 5) is 0. The third-order valence-corrected chi connectivity index (χ3v) is 6.83. The van der Waals surface area contributed by atoms with Gasteiger partial charge in [0.05, 0.1) is 11.4 Å². The average Bonchev–Trinajstić information content (AvgIpc) is 3.46. The summed E-state index contributed by atoms with van der Waals surface area (Å²) in [5.74, 6) is 0. The molecule has 32 heavy (non-hydrogen) atoms. The van der Waals surface area contributed by atoms with E-state index in [0.29, 0.717) is 21.6 Å². The SMILES string of the molecule is c1ccc(-c2ccc3nnc(SSc4nnc5ccc(-c6ccccc6)nn45)n3n2)cc1. The van der Waals surface area contributed by atoms with Gasteiger partial charge in [0.25, 0.3) is 0 Å². The second-order valence-corrected chi connectivity index (χ2v) is 8.90. The first kappa shape index (κ1) is 19.0. The molecule has 8 nitrogen and oxygen atoms in total. The third kappa shape index (κ3) is 3.49. The lowest BCUT2D eigenvalue weighted by Crippen LogP contribution is -1.97. The molecule has 0 radical (unpaired) electrons. The topological polar surface area (TPSA) is 86.2 Å². The molecule has 0 fully saturated rings. The van der Waals surface area contributed by atoms with Crippen molar-refractivity contribution in [3.63, 3.8) is 0 Å². The number of hydrogen-bond donors (Lipinski definition) is 0. The molecular formula is C22H14N8S2. The molecule has 0 amide bonds. The highest BCUT2D eigenvalue weighted by Crippen LogP contribution is 2.35. The summed E-state index contributed by atoms with van der Waals surface area (Å²) in [6, 6.07) is 27.8. The zero-order chi connectivity index (χ0) is 21.3. The smallest absolute Gasteiger partial charge is 0.186 e. The van der Waals surface area contributed by atoms with Crippen LogP contribution in [0.1, 0.15) is 0 Å². The first-order chi connectivity index (χ1) is 15.8. The maximum atomic E-state index is 4.72. The number of aromatic nitrogens is 8. The standard InChI is InChI=1S/C22H14N8S2/c1-3-7-15(8-4-1)17-11-13-19-23-25-21(29(19)27-17)31-32-22-26-24-20-14-12-18(28-30(20)22)16-9-5-2-6-10-16/h1-14H. The van der Waals surface area contributed by atoms with E-state index >= 15 is 0 Å². The minimum absolute atomic E-state index is 0.652. The van der Waals surface area contributed by atoms with Crippen molar-refractivity contribution in [3.8, 4) is 22.5 Å². The molecule has 0 atom stereocenters. The molecule has 4 heterocycles. The molecule has 0 saturated carbocycles. The molecule has 2 aromatic carbocycles. The van der Waals surface area contributed by atoms with E-state index < -0.39 is 0 Å². The minimum Gasteiger partial charge on any atom is -0.186 e. The monoisotopic (exact) mass is 454 g/mol. The van der Waals surface area contributed by atoms with Crippen LogP contribution in [0.5, 0.6) is 0 Å². The van der Waals surface area contributed by atoms with E-state index in [4.69, 9.17) is 10.2 Å². The molecule has 0 spiro atoms. The lowest BCUT2D eigenvalue weighted by atomic mass is 10.1. The maximum absolute atomic E-state index is 4.72. The molecule has 0 aliphatic carbocycles. The number of rotatable bonds is 5. The highest BCUT2D eigenvalue weighted by Gasteiger charge is 2.14. The molecule has 0 unspecified atom stereocenters. The van der Waals surface area contributed by atoms with Crippen LogP contribution in [0.2, 0.25) is 0 Å². The summed E-state index contributed by atoms with van der Waals surface area (Å²) in [5, 5.41) is 27.8. The zero-order valence-electron chi connectivity index (χ0n) is 16.5. The number of benzene rings is 2. The Labute approximate surface area is 190 Å². The van der Waals surface area contributed by atoms with Gasteiger partial charge in [-0.25, -0.2) is 0 Å². The van der Waals surface area contributed by atoms with Crippen LogP contribution in [-0.4, -0.2) is 39.6 Å². The van der Waals surface area contributed by atoms with Gasteiger partial charge in [0.15, 0.2) is 11.3 Å². The van der Waals surface area contributed by atoms with Crippen molar-refractivity contribution in [2.24, 2.45) is 0 Å². The molecular weight excluding hydrogens is 440 g/mol. The van der Waals surface area contributed by atoms with Crippen LogP contribution >= 0.6 is 21.6 Å². The Balaban J connectivity index is 1.31. The molecule has 10 heteroatoms. The Kier molecular flexibility index (Phi) is 4.78. The van der Waals surface area contributed by atoms with Gasteiger partial charge in [0, 0.05) is 11.1 Å². The summed E-state index contributed by atoms with van der Waals surface area (Å²) < 4.78 is 3.48. The number of fused-ring (bicyclic) bond motifs is 2. The minimum atomic E-state index is 0.652. The summed E-state index contributed by atoms with van der Waals surface area (Å²) in [7, 11) is 2.83. The Morgan fingerprint density at radius 1 is 0.469 bits per heavy atom. The lowest BCUT2D eigenvalue weighted by Gasteiger charge is -2.03. The van der Waals surface area contributed by atoms with Gasteiger partial charge in [0.2, 0.25) is 10.3 Å². The Morgan fingerprint density at radius 3 is 1.34 bits per heavy atom. The molecule has 154 valence electrons. The van der Waals surface area contributed by atoms with Crippen molar-refractivity contribution < 1.29 is 0 Å². The highest BCUT2D eigenvalue weighted by molar-refractivity contribution is 8.76. The first-order valence-electron chi connectivity index (χ1n) is 9.75. The van der Waals surface area contributed by atoms with E-state index in [9.17, 15) is 0 Å². The number of nitrogens with zero attached hydrogens (tertiary/aromatic N) is 8. The molecule has 0 saturated heterocycles. The van der Waals surface area contributed by atoms with Crippen LogP contribution in [0.4, 0.5) is 0 Å². The second-order valence-electron chi connectivity index (χ2n) is 6.84. The fraction of sp³-hybridized carbons (Fsp3) is 0. The van der Waals surface area contributed by atoms with Gasteiger partial charge in [-0.2, -0.15) is 19.2 Å². The molecule has 6 rings (SSSR count). The molecule has 0 aliphatic rings. The van der Waals surface area contributed by atoms with Gasteiger partial charge in [-0.3, -0.25) is 0 Å². The summed E-state index contributed by atoms with van der Waals surface area (Å²) in [6.07, 6.45) is 0. The molecule has 4 aromatic heterocycles. The molecule has 6 aromatic rings. The van der Waals surface area contributed by atoms with E-state index in [0.717, 1.165) is 22.5 Å². The van der Waals surface area contributed by atoms with Crippen molar-refractivity contribution in [2.75, 3.05) is 0 Å². The zero-order valence-corrected chi connectivity index (χ0v) is 18.1. The van der Waals surface area contributed by atoms with E-state index in [1.165, 1.54) is 21.6 Å². The maximum Gasteiger partial charge on any atom is 0.223 e. The second kappa shape index (κ2) is 8.06. The van der Waals surface area contributed by atoms with Crippen LogP contribution < -0.4 is 0 Å². The van der Waals surface area contributed by atoms with Gasteiger partial charge in [-0.1, -0.05) is 60.7 Å². The summed E-state index contributed by atoms with van der Waals surface area (Å²) in [5.41, 5.74) is 5.14. The predicted octanol–water partition coefficient (Wildman–Crippen LogP) is 4.70. The van der Waals surface area contributed by atoms with Gasteiger partial charge in [0.1, 0.15) is 0 Å². The van der Waals surface area contributed by atoms with Gasteiger partial charge < -0.3 is 0 Å². The van der Waals surface area contributed by atoms with Crippen molar-refractivity contribution in [3.05, 3.63) is 84.9 Å². The van der Waals surface area contributed by atoms with Crippen molar-refractivity contribution in [1.82, 2.24) is 39.6 Å². The first-order valence-corrected chi connectivity index (χ1v) is 11.9. The van der Waals surface area contributed by atoms with Crippen molar-refractivity contribution in [2.45, 2.75) is 10.3 Å². The fourth-order valence-electron chi connectivity index (χ4n) is 3.24. The van der Waals surface area contributed by atoms with E-state index in [-0.39, 0.29) is 0 Å². The Bertz CT molecular complexity index is 1410. The summed E-state index contributed by atoms with van der Waals surface area (Å²) in [6.45, 7) is 0. The summed E-state index contributed by atoms with van der Waals surface area (Å²) >= 11 is 0. The van der Waals surface area contributed by atoms with Crippen LogP contribution in [0, 0.1) is 0 Å². The average molecular weight is 455 g/mol. The largest absolute Gasteiger partial charge is 0.223 e. The van der Waals surface area contributed by atoms with E-state index in [1.54, 1.807) is 9.03 Å². The van der Waals surface area contributed by atoms with Crippen LogP contribution in [0.3, 0.4) is 0 Å². The highest BCUT2D eigenvalue weighted by atomic mass is 33.1. The molecule has 0 bridgehead atoms.